The molecule has 0 unspecified atom stereocenters. The van der Waals surface area contributed by atoms with Crippen LogP contribution in [-0.2, 0) is 0 Å². The van der Waals surface area contributed by atoms with Gasteiger partial charge in [-0.15, -0.1) is 0 Å². The summed E-state index contributed by atoms with van der Waals surface area (Å²) in [6.07, 6.45) is 0. The molecule has 0 saturated carbocycles. The predicted molar refractivity (Wildman–Crippen MR) is 66.8 cm³/mol. The van der Waals surface area contributed by atoms with E-state index >= 15 is 0 Å². The van der Waals surface area contributed by atoms with Gasteiger partial charge < -0.3 is 0 Å². The lowest BCUT2D eigenvalue weighted by atomic mass is 10.0. The molecule has 0 aliphatic heterocycles. The van der Waals surface area contributed by atoms with Gasteiger partial charge in [0.05, 0.1) is 5.33 Å². The Kier molecular flexibility index (Phi) is 3.91. The van der Waals surface area contributed by atoms with Gasteiger partial charge in [0.25, 0.3) is 0 Å². The normalized spacial score (nSPS) is 10.2. The van der Waals surface area contributed by atoms with Crippen molar-refractivity contribution in [2.75, 3.05) is 5.33 Å². The second kappa shape index (κ2) is 4.55. The Morgan fingerprint density at radius 1 is 1.38 bits per heavy atom. The quantitative estimate of drug-likeness (QED) is 0.452. The highest BCUT2D eigenvalue weighted by Gasteiger charge is 2.12. The van der Waals surface area contributed by atoms with E-state index in [4.69, 9.17) is 0 Å². The minimum Gasteiger partial charge on any atom is -0.293 e. The summed E-state index contributed by atoms with van der Waals surface area (Å²) in [5, 5.41) is 0.396. The number of rotatable bonds is 2. The molecular formula is C10H10BrIO. The van der Waals surface area contributed by atoms with Crippen LogP contribution in [-0.4, -0.2) is 11.1 Å². The fourth-order valence-electron chi connectivity index (χ4n) is 1.19. The highest BCUT2D eigenvalue weighted by atomic mass is 127. The molecule has 0 N–H and O–H groups in total. The van der Waals surface area contributed by atoms with Gasteiger partial charge in [-0.2, -0.15) is 0 Å². The topological polar surface area (TPSA) is 17.1 Å². The number of alkyl halides is 1. The zero-order chi connectivity index (χ0) is 10.0. The molecule has 1 aromatic rings. The van der Waals surface area contributed by atoms with Crippen molar-refractivity contribution >= 4 is 44.3 Å². The van der Waals surface area contributed by atoms with E-state index in [1.54, 1.807) is 0 Å². The first-order chi connectivity index (χ1) is 6.07. The van der Waals surface area contributed by atoms with Crippen molar-refractivity contribution in [2.45, 2.75) is 13.8 Å². The molecule has 0 aliphatic carbocycles. The summed E-state index contributed by atoms with van der Waals surface area (Å²) in [7, 11) is 0. The standard InChI is InChI=1S/C10H10BrIO/c1-6-3-4-7(2)10(12)9(6)8(13)5-11/h3-4H,5H2,1-2H3. The molecule has 0 heterocycles. The fourth-order valence-corrected chi connectivity index (χ4v) is 2.37. The first-order valence-electron chi connectivity index (χ1n) is 3.92. The summed E-state index contributed by atoms with van der Waals surface area (Å²) >= 11 is 5.42. The molecule has 13 heavy (non-hydrogen) atoms. The number of carbonyl (C=O) groups is 1. The van der Waals surface area contributed by atoms with Crippen LogP contribution in [0.3, 0.4) is 0 Å². The third-order valence-corrected chi connectivity index (χ3v) is 3.84. The molecule has 1 nitrogen and oxygen atoms in total. The van der Waals surface area contributed by atoms with E-state index in [1.807, 2.05) is 26.0 Å². The Labute approximate surface area is 100 Å². The van der Waals surface area contributed by atoms with Crippen LogP contribution >= 0.6 is 38.5 Å². The SMILES string of the molecule is Cc1ccc(C)c(C(=O)CBr)c1I. The van der Waals surface area contributed by atoms with Gasteiger partial charge in [-0.05, 0) is 47.6 Å². The number of benzene rings is 1. The molecule has 0 amide bonds. The van der Waals surface area contributed by atoms with Crippen LogP contribution in [0.15, 0.2) is 12.1 Å². The average molecular weight is 353 g/mol. The van der Waals surface area contributed by atoms with Crippen molar-refractivity contribution < 1.29 is 4.79 Å². The van der Waals surface area contributed by atoms with Crippen LogP contribution in [0.5, 0.6) is 0 Å². The Hall–Kier alpha value is 0.100. The first kappa shape index (κ1) is 11.2. The molecule has 0 bridgehead atoms. The van der Waals surface area contributed by atoms with Crippen molar-refractivity contribution in [1.29, 1.82) is 0 Å². The van der Waals surface area contributed by atoms with Crippen molar-refractivity contribution in [1.82, 2.24) is 0 Å². The molecule has 1 rings (SSSR count). The molecule has 0 spiro atoms. The van der Waals surface area contributed by atoms with Gasteiger partial charge in [0.1, 0.15) is 0 Å². The number of hydrogen-bond acceptors (Lipinski definition) is 1. The predicted octanol–water partition coefficient (Wildman–Crippen LogP) is 3.49. The lowest BCUT2D eigenvalue weighted by Crippen LogP contribution is -2.06. The van der Waals surface area contributed by atoms with E-state index in [9.17, 15) is 4.79 Å². The zero-order valence-corrected chi connectivity index (χ0v) is 11.3. The largest absolute Gasteiger partial charge is 0.293 e. The fraction of sp³-hybridized carbons (Fsp3) is 0.300. The van der Waals surface area contributed by atoms with Gasteiger partial charge in [-0.25, -0.2) is 0 Å². The third kappa shape index (κ3) is 2.31. The van der Waals surface area contributed by atoms with Crippen LogP contribution in [0.25, 0.3) is 0 Å². The van der Waals surface area contributed by atoms with Crippen LogP contribution in [0.1, 0.15) is 21.5 Å². The second-order valence-corrected chi connectivity index (χ2v) is 4.58. The minimum absolute atomic E-state index is 0.158. The summed E-state index contributed by atoms with van der Waals surface area (Å²) in [6, 6.07) is 4.04. The van der Waals surface area contributed by atoms with Crippen LogP contribution in [0.2, 0.25) is 0 Å². The second-order valence-electron chi connectivity index (χ2n) is 2.95. The Morgan fingerprint density at radius 3 is 2.46 bits per heavy atom. The summed E-state index contributed by atoms with van der Waals surface area (Å²) in [5.74, 6) is 0.158. The molecule has 0 aromatic heterocycles. The zero-order valence-electron chi connectivity index (χ0n) is 7.53. The molecule has 0 radical (unpaired) electrons. The molecule has 0 saturated heterocycles. The van der Waals surface area contributed by atoms with E-state index in [1.165, 1.54) is 0 Å². The molecule has 0 aliphatic rings. The lowest BCUT2D eigenvalue weighted by Gasteiger charge is -2.08. The van der Waals surface area contributed by atoms with Crippen molar-refractivity contribution in [3.8, 4) is 0 Å². The van der Waals surface area contributed by atoms with Crippen LogP contribution < -0.4 is 0 Å². The van der Waals surface area contributed by atoms with Gasteiger partial charge in [0.15, 0.2) is 5.78 Å². The summed E-state index contributed by atoms with van der Waals surface area (Å²) in [5.41, 5.74) is 3.08. The Morgan fingerprint density at radius 2 is 1.92 bits per heavy atom. The number of hydrogen-bond donors (Lipinski definition) is 0. The first-order valence-corrected chi connectivity index (χ1v) is 6.12. The Balaban J connectivity index is 3.33. The monoisotopic (exact) mass is 352 g/mol. The summed E-state index contributed by atoms with van der Waals surface area (Å²) in [6.45, 7) is 3.99. The minimum atomic E-state index is 0.158. The van der Waals surface area contributed by atoms with Gasteiger partial charge in [0.2, 0.25) is 0 Å². The third-order valence-electron chi connectivity index (χ3n) is 1.94. The average Bonchev–Trinajstić information content (AvgIpc) is 2.12. The lowest BCUT2D eigenvalue weighted by molar-refractivity contribution is 0.102. The van der Waals surface area contributed by atoms with E-state index in [0.717, 1.165) is 20.3 Å². The van der Waals surface area contributed by atoms with E-state index < -0.39 is 0 Å². The van der Waals surface area contributed by atoms with Crippen molar-refractivity contribution in [2.24, 2.45) is 0 Å². The number of Topliss-reactive ketones (excluding diaryl/α,β-unsaturated/α-hetero) is 1. The van der Waals surface area contributed by atoms with Gasteiger partial charge in [0, 0.05) is 9.13 Å². The van der Waals surface area contributed by atoms with Gasteiger partial charge in [-0.3, -0.25) is 4.79 Å². The maximum atomic E-state index is 11.6. The van der Waals surface area contributed by atoms with Gasteiger partial charge in [-0.1, -0.05) is 28.1 Å². The number of halogens is 2. The van der Waals surface area contributed by atoms with Crippen LogP contribution in [0, 0.1) is 17.4 Å². The van der Waals surface area contributed by atoms with Crippen LogP contribution in [0.4, 0.5) is 0 Å². The summed E-state index contributed by atoms with van der Waals surface area (Å²) < 4.78 is 1.07. The number of aryl methyl sites for hydroxylation is 2. The van der Waals surface area contributed by atoms with E-state index in [2.05, 4.69) is 38.5 Å². The van der Waals surface area contributed by atoms with E-state index in [0.29, 0.717) is 5.33 Å². The molecule has 1 aromatic carbocycles. The molecule has 3 heteroatoms. The smallest absolute Gasteiger partial charge is 0.174 e. The van der Waals surface area contributed by atoms with Gasteiger partial charge >= 0.3 is 0 Å². The Bertz CT molecular complexity index is 347. The highest BCUT2D eigenvalue weighted by molar-refractivity contribution is 14.1. The molecule has 70 valence electrons. The van der Waals surface area contributed by atoms with Crippen molar-refractivity contribution in [3.63, 3.8) is 0 Å². The number of carbonyl (C=O) groups excluding carboxylic acids is 1. The maximum Gasteiger partial charge on any atom is 0.174 e. The number of ketones is 1. The molecule has 0 fully saturated rings. The summed E-state index contributed by atoms with van der Waals surface area (Å²) in [4.78, 5) is 11.6. The van der Waals surface area contributed by atoms with E-state index in [-0.39, 0.29) is 5.78 Å². The molecular weight excluding hydrogens is 343 g/mol. The maximum absolute atomic E-state index is 11.6. The molecule has 0 atom stereocenters. The van der Waals surface area contributed by atoms with Crippen molar-refractivity contribution in [3.05, 3.63) is 32.4 Å². The highest BCUT2D eigenvalue weighted by Crippen LogP contribution is 2.21.